The van der Waals surface area contributed by atoms with Crippen LogP contribution >= 0.6 is 0 Å². The summed E-state index contributed by atoms with van der Waals surface area (Å²) in [6, 6.07) is 0. The van der Waals surface area contributed by atoms with Crippen LogP contribution in [0.3, 0.4) is 0 Å². The zero-order chi connectivity index (χ0) is 12.3. The van der Waals surface area contributed by atoms with E-state index in [0.717, 1.165) is 20.8 Å². The van der Waals surface area contributed by atoms with Crippen LogP contribution < -0.4 is 10.2 Å². The molecule has 0 saturated heterocycles. The van der Waals surface area contributed by atoms with Crippen molar-refractivity contribution < 1.29 is 51.0 Å². The normalized spacial score (nSPS) is 6.33. The summed E-state index contributed by atoms with van der Waals surface area (Å²) in [5.74, 6) is -4.37. The Morgan fingerprint density at radius 2 is 0.933 bits per heavy atom. The monoisotopic (exact) mass is 264 g/mol. The van der Waals surface area contributed by atoms with Crippen molar-refractivity contribution in [1.29, 1.82) is 0 Å². The second kappa shape index (κ2) is 15.1. The third-order valence-corrected chi connectivity index (χ3v) is 0.301. The smallest absolute Gasteiger partial charge is 0.550 e. The summed E-state index contributed by atoms with van der Waals surface area (Å²) in [5, 5.41) is 25.4. The van der Waals surface area contributed by atoms with E-state index in [4.69, 9.17) is 24.9 Å². The molecule has 0 aliphatic heterocycles. The van der Waals surface area contributed by atoms with E-state index in [1.54, 1.807) is 0 Å². The van der Waals surface area contributed by atoms with Gasteiger partial charge in [0.1, 0.15) is 0 Å². The zero-order valence-corrected chi connectivity index (χ0v) is 9.20. The quantitative estimate of drug-likeness (QED) is 0.398. The standard InChI is InChI=1S/C3H4O3.2C2H4O2.Ni/c1-2(4)3(5)6;2*1-2(3)4;/h1H3,(H,5,6);2*1H3,(H,3,4);/q;;;+2/p-2. The molecular formula is C7H10NiO7. The summed E-state index contributed by atoms with van der Waals surface area (Å²) in [6.45, 7) is 2.95. The van der Waals surface area contributed by atoms with Gasteiger partial charge in [0.2, 0.25) is 5.78 Å². The molecule has 0 radical (unpaired) electrons. The van der Waals surface area contributed by atoms with E-state index < -0.39 is 23.7 Å². The number of carbonyl (C=O) groups is 4. The van der Waals surface area contributed by atoms with Gasteiger partial charge in [-0.3, -0.25) is 4.79 Å². The van der Waals surface area contributed by atoms with Crippen LogP contribution in [-0.2, 0) is 35.7 Å². The summed E-state index contributed by atoms with van der Waals surface area (Å²) < 4.78 is 0. The predicted octanol–water partition coefficient (Wildman–Crippen LogP) is -2.83. The molecule has 0 aliphatic carbocycles. The number of hydrogen-bond acceptors (Lipinski definition) is 6. The average molecular weight is 265 g/mol. The second-order valence-corrected chi connectivity index (χ2v) is 1.84. The summed E-state index contributed by atoms with van der Waals surface area (Å²) >= 11 is 0. The molecule has 0 aromatic carbocycles. The Morgan fingerprint density at radius 3 is 0.933 bits per heavy atom. The molecule has 0 heterocycles. The molecule has 7 nitrogen and oxygen atoms in total. The van der Waals surface area contributed by atoms with Gasteiger partial charge in [-0.1, -0.05) is 0 Å². The van der Waals surface area contributed by atoms with Gasteiger partial charge in [0.05, 0.1) is 0 Å². The van der Waals surface area contributed by atoms with Crippen molar-refractivity contribution in [3.05, 3.63) is 0 Å². The fraction of sp³-hybridized carbons (Fsp3) is 0.429. The van der Waals surface area contributed by atoms with Gasteiger partial charge in [-0.05, 0) is 13.8 Å². The molecule has 0 bridgehead atoms. The molecule has 15 heavy (non-hydrogen) atoms. The first-order chi connectivity index (χ1) is 6.11. The van der Waals surface area contributed by atoms with Gasteiger partial charge in [-0.25, -0.2) is 4.79 Å². The van der Waals surface area contributed by atoms with E-state index in [9.17, 15) is 9.59 Å². The number of Topliss-reactive ketones (excluding diaryl/α,β-unsaturated/α-hetero) is 1. The molecule has 0 aromatic heterocycles. The Bertz CT molecular complexity index is 191. The number of carboxylic acids is 3. The number of carboxylic acid groups (broad SMARTS) is 3. The fourth-order valence-electron chi connectivity index (χ4n) is 0. The molecule has 0 atom stereocenters. The SMILES string of the molecule is CC(=O)C(=O)O.CC(=O)[O-].CC(=O)[O-].[Ni+2]. The molecule has 0 unspecified atom stereocenters. The van der Waals surface area contributed by atoms with Crippen molar-refractivity contribution in [3.8, 4) is 0 Å². The van der Waals surface area contributed by atoms with Crippen molar-refractivity contribution in [3.63, 3.8) is 0 Å². The van der Waals surface area contributed by atoms with E-state index in [0.29, 0.717) is 0 Å². The van der Waals surface area contributed by atoms with Gasteiger partial charge >= 0.3 is 22.5 Å². The van der Waals surface area contributed by atoms with E-state index in [2.05, 4.69) is 0 Å². The van der Waals surface area contributed by atoms with E-state index in [-0.39, 0.29) is 16.5 Å². The predicted molar refractivity (Wildman–Crippen MR) is 39.7 cm³/mol. The van der Waals surface area contributed by atoms with Gasteiger partial charge in [-0.15, -0.1) is 0 Å². The van der Waals surface area contributed by atoms with Gasteiger partial charge < -0.3 is 24.9 Å². The Morgan fingerprint density at radius 1 is 0.867 bits per heavy atom. The van der Waals surface area contributed by atoms with Crippen LogP contribution in [0.25, 0.3) is 0 Å². The number of ketones is 1. The van der Waals surface area contributed by atoms with Gasteiger partial charge in [0.25, 0.3) is 0 Å². The molecule has 0 aromatic rings. The molecule has 90 valence electrons. The zero-order valence-electron chi connectivity index (χ0n) is 8.21. The maximum atomic E-state index is 9.54. The van der Waals surface area contributed by atoms with Crippen LogP contribution in [0.2, 0.25) is 0 Å². The van der Waals surface area contributed by atoms with Crippen LogP contribution in [0.5, 0.6) is 0 Å². The van der Waals surface area contributed by atoms with E-state index >= 15 is 0 Å². The third-order valence-electron chi connectivity index (χ3n) is 0.301. The minimum absolute atomic E-state index is 0. The fourth-order valence-corrected chi connectivity index (χ4v) is 0. The Labute approximate surface area is 96.0 Å². The number of carbonyl (C=O) groups excluding carboxylic acids is 3. The van der Waals surface area contributed by atoms with Crippen molar-refractivity contribution in [2.75, 3.05) is 0 Å². The summed E-state index contributed by atoms with van der Waals surface area (Å²) in [6.07, 6.45) is 0. The summed E-state index contributed by atoms with van der Waals surface area (Å²) in [4.78, 5) is 36.7. The topological polar surface area (TPSA) is 135 Å². The second-order valence-electron chi connectivity index (χ2n) is 1.84. The maximum Gasteiger partial charge on any atom is 2.00 e. The van der Waals surface area contributed by atoms with Gasteiger partial charge in [-0.2, -0.15) is 0 Å². The largest absolute Gasteiger partial charge is 2.00 e. The number of rotatable bonds is 1. The average Bonchev–Trinajstić information content (AvgIpc) is 1.83. The van der Waals surface area contributed by atoms with E-state index in [1.165, 1.54) is 0 Å². The van der Waals surface area contributed by atoms with Crippen molar-refractivity contribution in [2.45, 2.75) is 20.8 Å². The van der Waals surface area contributed by atoms with Crippen molar-refractivity contribution in [2.24, 2.45) is 0 Å². The Hall–Kier alpha value is -1.43. The molecular weight excluding hydrogens is 255 g/mol. The third kappa shape index (κ3) is 212. The van der Waals surface area contributed by atoms with E-state index in [1.807, 2.05) is 0 Å². The first-order valence-electron chi connectivity index (χ1n) is 3.20. The molecule has 0 spiro atoms. The molecule has 0 aliphatic rings. The van der Waals surface area contributed by atoms with Crippen LogP contribution in [-0.4, -0.2) is 28.8 Å². The molecule has 8 heteroatoms. The maximum absolute atomic E-state index is 9.54. The van der Waals surface area contributed by atoms with Crippen molar-refractivity contribution in [1.82, 2.24) is 0 Å². The minimum atomic E-state index is -1.38. The Kier molecular flexibility index (Phi) is 23.5. The summed E-state index contributed by atoms with van der Waals surface area (Å²) in [7, 11) is 0. The Balaban J connectivity index is -0.0000000606. The molecule has 0 rings (SSSR count). The van der Waals surface area contributed by atoms with Crippen LogP contribution in [0.4, 0.5) is 0 Å². The molecule has 0 amide bonds. The molecule has 1 N–H and O–H groups in total. The van der Waals surface area contributed by atoms with Crippen LogP contribution in [0.1, 0.15) is 20.8 Å². The summed E-state index contributed by atoms with van der Waals surface area (Å²) in [5.41, 5.74) is 0. The van der Waals surface area contributed by atoms with Gasteiger partial charge in [0.15, 0.2) is 0 Å². The van der Waals surface area contributed by atoms with Crippen LogP contribution in [0.15, 0.2) is 0 Å². The van der Waals surface area contributed by atoms with Crippen molar-refractivity contribution >= 4 is 23.7 Å². The number of hydrogen-bond donors (Lipinski definition) is 1. The number of aliphatic carboxylic acids is 3. The van der Waals surface area contributed by atoms with Gasteiger partial charge in [0, 0.05) is 18.9 Å². The first-order valence-corrected chi connectivity index (χ1v) is 3.20. The molecule has 0 saturated carbocycles. The first kappa shape index (κ1) is 23.4. The molecule has 0 fully saturated rings. The van der Waals surface area contributed by atoms with Crippen LogP contribution in [0, 0.1) is 0 Å². The minimum Gasteiger partial charge on any atom is -0.550 e.